The SMILES string of the molecule is COc1cc(/C=C2/SC(=O)N(Cc3cccc4ccccc34)C2=O)cc(Br)c1OCc1ccc(Cl)c(Cl)c1. The zero-order valence-corrected chi connectivity index (χ0v) is 24.0. The Morgan fingerprint density at radius 1 is 0.974 bits per heavy atom. The number of hydrogen-bond acceptors (Lipinski definition) is 5. The molecule has 0 atom stereocenters. The molecule has 1 fully saturated rings. The first-order chi connectivity index (χ1) is 18.3. The van der Waals surface area contributed by atoms with E-state index in [0.717, 1.165) is 33.7 Å². The molecule has 0 N–H and O–H groups in total. The zero-order chi connectivity index (χ0) is 26.8. The van der Waals surface area contributed by atoms with E-state index in [1.54, 1.807) is 24.3 Å². The summed E-state index contributed by atoms with van der Waals surface area (Å²) in [5, 5.41) is 2.69. The Balaban J connectivity index is 1.36. The highest BCUT2D eigenvalue weighted by atomic mass is 79.9. The lowest BCUT2D eigenvalue weighted by Gasteiger charge is -2.15. The fourth-order valence-electron chi connectivity index (χ4n) is 4.14. The molecule has 0 spiro atoms. The number of halogens is 3. The van der Waals surface area contributed by atoms with Crippen LogP contribution in [0.3, 0.4) is 0 Å². The molecule has 38 heavy (non-hydrogen) atoms. The average Bonchev–Trinajstić information content (AvgIpc) is 3.17. The van der Waals surface area contributed by atoms with Gasteiger partial charge in [0.2, 0.25) is 0 Å². The Morgan fingerprint density at radius 3 is 2.55 bits per heavy atom. The number of imide groups is 1. The number of methoxy groups -OCH3 is 1. The first-order valence-corrected chi connectivity index (χ1v) is 13.9. The van der Waals surface area contributed by atoms with Crippen molar-refractivity contribution in [1.29, 1.82) is 0 Å². The Kier molecular flexibility index (Phi) is 8.00. The Hall–Kier alpha value is -2.97. The second kappa shape index (κ2) is 11.4. The smallest absolute Gasteiger partial charge is 0.293 e. The molecule has 0 bridgehead atoms. The third-order valence-electron chi connectivity index (χ3n) is 6.00. The molecule has 0 aromatic heterocycles. The molecular weight excluding hydrogens is 609 g/mol. The number of ether oxygens (including phenoxy) is 2. The maximum absolute atomic E-state index is 13.2. The Morgan fingerprint density at radius 2 is 1.76 bits per heavy atom. The molecule has 4 aromatic rings. The third kappa shape index (κ3) is 5.57. The number of carbonyl (C=O) groups is 2. The van der Waals surface area contributed by atoms with Crippen LogP contribution >= 0.6 is 50.9 Å². The van der Waals surface area contributed by atoms with Crippen molar-refractivity contribution in [3.63, 3.8) is 0 Å². The fraction of sp³-hybridized carbons (Fsp3) is 0.103. The van der Waals surface area contributed by atoms with Gasteiger partial charge in [0.15, 0.2) is 11.5 Å². The molecule has 0 saturated carbocycles. The van der Waals surface area contributed by atoms with Gasteiger partial charge in [-0.05, 0) is 85.5 Å². The number of rotatable bonds is 7. The molecule has 192 valence electrons. The summed E-state index contributed by atoms with van der Waals surface area (Å²) in [5.74, 6) is 0.642. The Labute approximate surface area is 242 Å². The molecule has 0 unspecified atom stereocenters. The van der Waals surface area contributed by atoms with E-state index in [1.807, 2.05) is 54.6 Å². The predicted octanol–water partition coefficient (Wildman–Crippen LogP) is 8.73. The lowest BCUT2D eigenvalue weighted by Crippen LogP contribution is -2.27. The van der Waals surface area contributed by atoms with Crippen LogP contribution in [0.5, 0.6) is 11.5 Å². The molecule has 4 aromatic carbocycles. The Bertz CT molecular complexity index is 1600. The molecule has 1 heterocycles. The summed E-state index contributed by atoms with van der Waals surface area (Å²) in [7, 11) is 1.54. The highest BCUT2D eigenvalue weighted by Crippen LogP contribution is 2.40. The minimum atomic E-state index is -0.331. The number of carbonyl (C=O) groups excluding carboxylic acids is 2. The van der Waals surface area contributed by atoms with Crippen molar-refractivity contribution in [3.8, 4) is 11.5 Å². The van der Waals surface area contributed by atoms with E-state index < -0.39 is 0 Å². The van der Waals surface area contributed by atoms with Gasteiger partial charge in [0.05, 0.1) is 33.1 Å². The summed E-state index contributed by atoms with van der Waals surface area (Å²) in [6, 6.07) is 22.7. The number of amides is 2. The van der Waals surface area contributed by atoms with Crippen molar-refractivity contribution in [2.24, 2.45) is 0 Å². The van der Waals surface area contributed by atoms with Crippen LogP contribution in [0.1, 0.15) is 16.7 Å². The van der Waals surface area contributed by atoms with Gasteiger partial charge in [-0.15, -0.1) is 0 Å². The number of thioether (sulfide) groups is 1. The highest BCUT2D eigenvalue weighted by Gasteiger charge is 2.35. The lowest BCUT2D eigenvalue weighted by atomic mass is 10.0. The summed E-state index contributed by atoms with van der Waals surface area (Å²) in [5.41, 5.74) is 2.45. The third-order valence-corrected chi connectivity index (χ3v) is 8.23. The standard InChI is InChI=1S/C29H20BrCl2NO4S/c1-36-25-13-18(11-22(30)27(25)37-16-17-9-10-23(31)24(32)12-17)14-26-28(34)33(29(35)38-26)15-20-7-4-6-19-5-2-3-8-21(19)20/h2-14H,15-16H2,1H3/b26-14+. The quantitative estimate of drug-likeness (QED) is 0.192. The first-order valence-electron chi connectivity index (χ1n) is 11.5. The van der Waals surface area contributed by atoms with Crippen LogP contribution in [0.2, 0.25) is 10.0 Å². The van der Waals surface area contributed by atoms with Crippen molar-refractivity contribution < 1.29 is 19.1 Å². The molecule has 1 aliphatic rings. The van der Waals surface area contributed by atoms with Crippen LogP contribution < -0.4 is 9.47 Å². The molecule has 5 nitrogen and oxygen atoms in total. The van der Waals surface area contributed by atoms with Crippen molar-refractivity contribution in [2.75, 3.05) is 7.11 Å². The molecule has 0 radical (unpaired) electrons. The largest absolute Gasteiger partial charge is 0.493 e. The second-order valence-electron chi connectivity index (χ2n) is 8.48. The van der Waals surface area contributed by atoms with Gasteiger partial charge in [0.1, 0.15) is 6.61 Å². The van der Waals surface area contributed by atoms with Crippen molar-refractivity contribution in [2.45, 2.75) is 13.2 Å². The van der Waals surface area contributed by atoms with Gasteiger partial charge < -0.3 is 9.47 Å². The molecule has 9 heteroatoms. The normalized spacial score (nSPS) is 14.5. The molecule has 1 saturated heterocycles. The minimum absolute atomic E-state index is 0.206. The van der Waals surface area contributed by atoms with Crippen LogP contribution in [-0.4, -0.2) is 23.2 Å². The summed E-state index contributed by atoms with van der Waals surface area (Å²) in [6.45, 7) is 0.454. The van der Waals surface area contributed by atoms with Crippen molar-refractivity contribution in [3.05, 3.63) is 109 Å². The van der Waals surface area contributed by atoms with E-state index in [-0.39, 0.29) is 24.3 Å². The van der Waals surface area contributed by atoms with Crippen LogP contribution in [-0.2, 0) is 17.9 Å². The highest BCUT2D eigenvalue weighted by molar-refractivity contribution is 9.10. The average molecular weight is 629 g/mol. The summed E-state index contributed by atoms with van der Waals surface area (Å²) < 4.78 is 12.2. The predicted molar refractivity (Wildman–Crippen MR) is 157 cm³/mol. The molecule has 1 aliphatic heterocycles. The van der Waals surface area contributed by atoms with Crippen LogP contribution in [0, 0.1) is 0 Å². The van der Waals surface area contributed by atoms with Gasteiger partial charge in [0, 0.05) is 0 Å². The fourth-order valence-corrected chi connectivity index (χ4v) is 5.87. The molecule has 0 aliphatic carbocycles. The van der Waals surface area contributed by atoms with Gasteiger partial charge >= 0.3 is 0 Å². The van der Waals surface area contributed by atoms with E-state index in [2.05, 4.69) is 15.9 Å². The van der Waals surface area contributed by atoms with E-state index in [9.17, 15) is 9.59 Å². The first kappa shape index (κ1) is 26.6. The minimum Gasteiger partial charge on any atom is -0.493 e. The van der Waals surface area contributed by atoms with Gasteiger partial charge in [-0.1, -0.05) is 71.7 Å². The van der Waals surface area contributed by atoms with Crippen LogP contribution in [0.25, 0.3) is 16.8 Å². The van der Waals surface area contributed by atoms with Gasteiger partial charge in [-0.3, -0.25) is 14.5 Å². The topological polar surface area (TPSA) is 55.8 Å². The van der Waals surface area contributed by atoms with E-state index in [0.29, 0.717) is 36.5 Å². The summed E-state index contributed by atoms with van der Waals surface area (Å²) in [6.07, 6.45) is 1.68. The van der Waals surface area contributed by atoms with Crippen molar-refractivity contribution >= 4 is 78.9 Å². The van der Waals surface area contributed by atoms with Gasteiger partial charge in [0.25, 0.3) is 11.1 Å². The molecular formula is C29H20BrCl2NO4S. The monoisotopic (exact) mass is 627 g/mol. The maximum Gasteiger partial charge on any atom is 0.293 e. The zero-order valence-electron chi connectivity index (χ0n) is 20.0. The number of nitrogens with zero attached hydrogens (tertiary/aromatic N) is 1. The number of fused-ring (bicyclic) bond motifs is 1. The second-order valence-corrected chi connectivity index (χ2v) is 11.1. The van der Waals surface area contributed by atoms with E-state index in [1.165, 1.54) is 12.0 Å². The maximum atomic E-state index is 13.2. The van der Waals surface area contributed by atoms with E-state index >= 15 is 0 Å². The van der Waals surface area contributed by atoms with Crippen LogP contribution in [0.15, 0.2) is 82.2 Å². The van der Waals surface area contributed by atoms with Gasteiger partial charge in [-0.25, -0.2) is 0 Å². The summed E-state index contributed by atoms with van der Waals surface area (Å²) in [4.78, 5) is 27.6. The number of hydrogen-bond donors (Lipinski definition) is 0. The van der Waals surface area contributed by atoms with Crippen LogP contribution in [0.4, 0.5) is 4.79 Å². The molecule has 5 rings (SSSR count). The number of benzene rings is 4. The molecule has 2 amide bonds. The van der Waals surface area contributed by atoms with Gasteiger partial charge in [-0.2, -0.15) is 0 Å². The summed E-state index contributed by atoms with van der Waals surface area (Å²) >= 11 is 16.6. The lowest BCUT2D eigenvalue weighted by molar-refractivity contribution is -0.123. The van der Waals surface area contributed by atoms with E-state index in [4.69, 9.17) is 32.7 Å². The van der Waals surface area contributed by atoms with Crippen molar-refractivity contribution in [1.82, 2.24) is 4.90 Å².